The molecule has 0 saturated heterocycles. The van der Waals surface area contributed by atoms with Crippen LogP contribution < -0.4 is 18.9 Å². The van der Waals surface area contributed by atoms with Crippen molar-refractivity contribution in [1.29, 1.82) is 0 Å². The van der Waals surface area contributed by atoms with Gasteiger partial charge >= 0.3 is 18.9 Å². The van der Waals surface area contributed by atoms with E-state index in [9.17, 15) is 4.79 Å². The maximum atomic E-state index is 10.7. The molecule has 0 radical (unpaired) electrons. The third kappa shape index (κ3) is 13.7. The molecule has 0 atom stereocenters. The van der Waals surface area contributed by atoms with Crippen molar-refractivity contribution in [3.8, 4) is 0 Å². The maximum Gasteiger partial charge on any atom is 1.00 e. The molecular weight excluding hydrogens is 394 g/mol. The van der Waals surface area contributed by atoms with Gasteiger partial charge in [-0.3, -0.25) is 9.78 Å². The van der Waals surface area contributed by atoms with E-state index in [1.807, 2.05) is 0 Å². The molecule has 23 heavy (non-hydrogen) atoms. The summed E-state index contributed by atoms with van der Waals surface area (Å²) in [6, 6.07) is 6.82. The Kier molecular flexibility index (Phi) is 16.4. The summed E-state index contributed by atoms with van der Waals surface area (Å²) in [4.78, 5) is 18.3. The molecule has 2 rings (SSSR count). The zero-order valence-electron chi connectivity index (χ0n) is 13.7. The van der Waals surface area contributed by atoms with Crippen LogP contribution in [0.5, 0.6) is 0 Å². The molecule has 0 amide bonds. The molecule has 120 valence electrons. The molecular formula is C16H18BrCl2LiN2O. The van der Waals surface area contributed by atoms with E-state index >= 15 is 0 Å². The van der Waals surface area contributed by atoms with Gasteiger partial charge in [0, 0.05) is 19.3 Å². The predicted molar refractivity (Wildman–Crippen MR) is 96.5 cm³/mol. The molecule has 0 unspecified atom stereocenters. The van der Waals surface area contributed by atoms with Crippen molar-refractivity contribution in [2.24, 2.45) is 0 Å². The second kappa shape index (κ2) is 15.2. The number of ketones is 1. The van der Waals surface area contributed by atoms with Gasteiger partial charge in [0.05, 0.1) is 10.0 Å². The zero-order chi connectivity index (χ0) is 17.0. The minimum Gasteiger partial charge on any atom is -0.332 e. The molecule has 0 aliphatic carbocycles. The minimum absolute atomic E-state index is 0. The number of rotatable bonds is 2. The van der Waals surface area contributed by atoms with E-state index in [0.717, 1.165) is 4.60 Å². The van der Waals surface area contributed by atoms with Gasteiger partial charge in [0.1, 0.15) is 10.3 Å². The molecule has 0 aromatic carbocycles. The van der Waals surface area contributed by atoms with E-state index in [4.69, 9.17) is 23.2 Å². The predicted octanol–water partition coefficient (Wildman–Crippen LogP) is 3.06. The molecule has 7 heteroatoms. The Bertz CT molecular complexity index is 528. The number of carbonyl (C=O) groups is 1. The SMILES string of the molecule is CC(=O)c1ccc(Cl)cn1.C[CH-]CC.Clc1ccc(Br)nc1.[Li+]. The van der Waals surface area contributed by atoms with Gasteiger partial charge in [-0.1, -0.05) is 30.1 Å². The van der Waals surface area contributed by atoms with Gasteiger partial charge in [0.25, 0.3) is 0 Å². The van der Waals surface area contributed by atoms with Crippen LogP contribution >= 0.6 is 39.1 Å². The average Bonchev–Trinajstić information content (AvgIpc) is 2.51. The number of halogens is 3. The summed E-state index contributed by atoms with van der Waals surface area (Å²) >= 11 is 14.2. The summed E-state index contributed by atoms with van der Waals surface area (Å²) in [5.74, 6) is -0.0448. The second-order valence-corrected chi connectivity index (χ2v) is 5.72. The number of hydrogen-bond donors (Lipinski definition) is 0. The van der Waals surface area contributed by atoms with Crippen LogP contribution in [0.15, 0.2) is 41.3 Å². The van der Waals surface area contributed by atoms with Gasteiger partial charge in [0.2, 0.25) is 0 Å². The standard InChI is InChI=1S/C7H6ClNO.C5H3BrClN.C4H9.Li/c1-5(10)7-3-2-6(8)4-9-7;6-5-2-1-4(7)3-8-5;1-3-4-2;/h2-4H,1H3;1-3H;3H,4H2,1-2H3;/q;;-1;+1. The van der Waals surface area contributed by atoms with Crippen molar-refractivity contribution in [3.63, 3.8) is 0 Å². The number of pyridine rings is 2. The molecule has 0 aliphatic rings. The van der Waals surface area contributed by atoms with E-state index in [2.05, 4.69) is 46.2 Å². The molecule has 0 saturated carbocycles. The molecule has 0 spiro atoms. The van der Waals surface area contributed by atoms with Crippen molar-refractivity contribution >= 4 is 44.9 Å². The molecule has 3 nitrogen and oxygen atoms in total. The van der Waals surface area contributed by atoms with E-state index in [1.54, 1.807) is 30.5 Å². The van der Waals surface area contributed by atoms with Gasteiger partial charge < -0.3 is 6.42 Å². The summed E-state index contributed by atoms with van der Waals surface area (Å²) in [6.45, 7) is 5.65. The van der Waals surface area contributed by atoms with E-state index in [0.29, 0.717) is 15.7 Å². The largest absolute Gasteiger partial charge is 1.00 e. The van der Waals surface area contributed by atoms with Gasteiger partial charge in [0.15, 0.2) is 5.78 Å². The first-order chi connectivity index (χ1) is 10.4. The van der Waals surface area contributed by atoms with E-state index in [1.165, 1.54) is 19.5 Å². The fourth-order valence-corrected chi connectivity index (χ4v) is 1.40. The van der Waals surface area contributed by atoms with Crippen molar-refractivity contribution in [2.45, 2.75) is 27.2 Å². The summed E-state index contributed by atoms with van der Waals surface area (Å²) < 4.78 is 0.807. The first-order valence-electron chi connectivity index (χ1n) is 6.58. The molecule has 0 N–H and O–H groups in total. The second-order valence-electron chi connectivity index (χ2n) is 4.03. The van der Waals surface area contributed by atoms with Crippen LogP contribution in [-0.4, -0.2) is 15.8 Å². The molecule has 0 fully saturated rings. The maximum absolute atomic E-state index is 10.7. The topological polar surface area (TPSA) is 42.9 Å². The first kappa shape index (κ1) is 24.9. The van der Waals surface area contributed by atoms with Crippen LogP contribution in [0.25, 0.3) is 0 Å². The Morgan fingerprint density at radius 3 is 1.87 bits per heavy atom. The van der Waals surface area contributed by atoms with Crippen molar-refractivity contribution < 1.29 is 23.7 Å². The summed E-state index contributed by atoms with van der Waals surface area (Å²) in [5.41, 5.74) is 0.449. The van der Waals surface area contributed by atoms with Gasteiger partial charge in [-0.15, -0.1) is 0 Å². The van der Waals surface area contributed by atoms with Crippen LogP contribution in [0.3, 0.4) is 0 Å². The van der Waals surface area contributed by atoms with Crippen molar-refractivity contribution in [3.05, 3.63) is 63.4 Å². The minimum atomic E-state index is -0.0448. The molecule has 2 heterocycles. The Morgan fingerprint density at radius 1 is 1.13 bits per heavy atom. The van der Waals surface area contributed by atoms with Crippen LogP contribution in [0, 0.1) is 6.42 Å². The first-order valence-corrected chi connectivity index (χ1v) is 8.13. The van der Waals surface area contributed by atoms with Crippen LogP contribution in [0.2, 0.25) is 10.0 Å². The Morgan fingerprint density at radius 2 is 1.61 bits per heavy atom. The zero-order valence-corrected chi connectivity index (χ0v) is 16.8. The molecule has 2 aromatic heterocycles. The summed E-state index contributed by atoms with van der Waals surface area (Å²) in [5, 5.41) is 1.21. The quantitative estimate of drug-likeness (QED) is 0.330. The smallest absolute Gasteiger partial charge is 0.332 e. The number of hydrogen-bond acceptors (Lipinski definition) is 3. The number of unbranched alkanes of at least 4 members (excludes halogenated alkanes) is 1. The third-order valence-electron chi connectivity index (χ3n) is 2.19. The van der Waals surface area contributed by atoms with Crippen molar-refractivity contribution in [1.82, 2.24) is 9.97 Å². The molecule has 2 aromatic rings. The molecule has 0 aliphatic heterocycles. The monoisotopic (exact) mass is 410 g/mol. The Hall–Kier alpha value is -0.373. The van der Waals surface area contributed by atoms with Crippen LogP contribution in [0.4, 0.5) is 0 Å². The number of aromatic nitrogens is 2. The van der Waals surface area contributed by atoms with Gasteiger partial charge in [-0.2, -0.15) is 13.3 Å². The number of carbonyl (C=O) groups excluding carboxylic acids is 1. The molecule has 0 bridgehead atoms. The average molecular weight is 412 g/mol. The Balaban J connectivity index is 0. The van der Waals surface area contributed by atoms with E-state index in [-0.39, 0.29) is 24.6 Å². The van der Waals surface area contributed by atoms with Gasteiger partial charge in [-0.05, 0) is 40.2 Å². The van der Waals surface area contributed by atoms with Crippen LogP contribution in [0.1, 0.15) is 37.7 Å². The number of Topliss-reactive ketones (excluding diaryl/α,β-unsaturated/α-hetero) is 1. The Labute approximate surface area is 168 Å². The fourth-order valence-electron chi connectivity index (χ4n) is 0.942. The summed E-state index contributed by atoms with van der Waals surface area (Å²) in [6.07, 6.45) is 6.37. The third-order valence-corrected chi connectivity index (χ3v) is 3.10. The van der Waals surface area contributed by atoms with Gasteiger partial charge in [-0.25, -0.2) is 4.98 Å². The summed E-state index contributed by atoms with van der Waals surface area (Å²) in [7, 11) is 0. The fraction of sp³-hybridized carbons (Fsp3) is 0.250. The normalized spacial score (nSPS) is 8.61. The van der Waals surface area contributed by atoms with Crippen LogP contribution in [-0.2, 0) is 0 Å². The van der Waals surface area contributed by atoms with E-state index < -0.39 is 0 Å². The van der Waals surface area contributed by atoms with Crippen molar-refractivity contribution in [2.75, 3.05) is 0 Å². The number of nitrogens with zero attached hydrogens (tertiary/aromatic N) is 2.